The summed E-state index contributed by atoms with van der Waals surface area (Å²) in [6.45, 7) is 3.31. The van der Waals surface area contributed by atoms with Crippen LogP contribution in [0, 0.1) is 10.1 Å². The molecule has 2 aromatic rings. The van der Waals surface area contributed by atoms with Gasteiger partial charge in [-0.25, -0.2) is 0 Å². The fraction of sp³-hybridized carbons (Fsp3) is 0.333. The summed E-state index contributed by atoms with van der Waals surface area (Å²) in [6, 6.07) is 15.8. The van der Waals surface area contributed by atoms with E-state index in [0.29, 0.717) is 6.54 Å². The highest BCUT2D eigenvalue weighted by molar-refractivity contribution is 6.04. The number of non-ortho nitro benzene ring substituents is 1. The number of anilines is 1. The fourth-order valence-corrected chi connectivity index (χ4v) is 4.12. The molecule has 0 spiro atoms. The van der Waals surface area contributed by atoms with Gasteiger partial charge in [0.25, 0.3) is 11.6 Å². The maximum atomic E-state index is 12.9. The lowest BCUT2D eigenvalue weighted by atomic mass is 10.1. The van der Waals surface area contributed by atoms with Gasteiger partial charge in [0.1, 0.15) is 0 Å². The molecule has 2 heterocycles. The molecule has 4 rings (SSSR count). The minimum atomic E-state index is -0.407. The summed E-state index contributed by atoms with van der Waals surface area (Å²) >= 11 is 0. The molecule has 8 nitrogen and oxygen atoms in total. The molecule has 2 aromatic carbocycles. The second-order valence-electron chi connectivity index (χ2n) is 7.48. The first-order valence-electron chi connectivity index (χ1n) is 9.75. The second kappa shape index (κ2) is 8.00. The number of carbonyl (C=O) groups excluding carboxylic acids is 2. The Kier molecular flexibility index (Phi) is 5.26. The molecule has 0 bridgehead atoms. The van der Waals surface area contributed by atoms with E-state index in [-0.39, 0.29) is 30.0 Å². The molecule has 0 saturated carbocycles. The van der Waals surface area contributed by atoms with Crippen LogP contribution in [0.1, 0.15) is 12.0 Å². The average molecular weight is 395 g/mol. The molecule has 29 heavy (non-hydrogen) atoms. The van der Waals surface area contributed by atoms with E-state index in [0.717, 1.165) is 42.3 Å². The number of likely N-dealkylation sites (tertiary alicyclic amines) is 1. The number of rotatable bonds is 5. The van der Waals surface area contributed by atoms with Crippen LogP contribution in [0.2, 0.25) is 0 Å². The van der Waals surface area contributed by atoms with Crippen LogP contribution in [-0.2, 0) is 16.1 Å². The molecule has 0 aromatic heterocycles. The van der Waals surface area contributed by atoms with Crippen molar-refractivity contribution in [2.75, 3.05) is 31.1 Å². The van der Waals surface area contributed by atoms with Gasteiger partial charge in [0.2, 0.25) is 5.91 Å². The van der Waals surface area contributed by atoms with Gasteiger partial charge < -0.3 is 9.80 Å². The normalized spacial score (nSPS) is 20.3. The zero-order valence-electron chi connectivity index (χ0n) is 16.0. The van der Waals surface area contributed by atoms with Gasteiger partial charge in [-0.05, 0) is 17.7 Å². The number of piperazine rings is 1. The summed E-state index contributed by atoms with van der Waals surface area (Å²) in [6.07, 6.45) is 0.262. The highest BCUT2D eigenvalue weighted by Gasteiger charge is 2.45. The Labute approximate surface area is 168 Å². The molecule has 2 aliphatic rings. The molecule has 2 fully saturated rings. The van der Waals surface area contributed by atoms with Crippen molar-refractivity contribution >= 4 is 23.2 Å². The molecule has 0 unspecified atom stereocenters. The van der Waals surface area contributed by atoms with Crippen LogP contribution >= 0.6 is 0 Å². The van der Waals surface area contributed by atoms with E-state index in [2.05, 4.69) is 4.90 Å². The topological polar surface area (TPSA) is 88.2 Å². The van der Waals surface area contributed by atoms with Gasteiger partial charge in [-0.2, -0.15) is 0 Å². The lowest BCUT2D eigenvalue weighted by Gasteiger charge is -2.35. The summed E-state index contributed by atoms with van der Waals surface area (Å²) in [4.78, 5) is 40.4. The quantitative estimate of drug-likeness (QED) is 0.456. The van der Waals surface area contributed by atoms with E-state index in [1.165, 1.54) is 17.0 Å². The number of nitrogens with zero attached hydrogens (tertiary/aromatic N) is 3. The van der Waals surface area contributed by atoms with Gasteiger partial charge in [-0.1, -0.05) is 30.3 Å². The van der Waals surface area contributed by atoms with Crippen LogP contribution < -0.4 is 9.80 Å². The smallest absolute Gasteiger partial charge is 0.288 e. The molecule has 8 heteroatoms. The van der Waals surface area contributed by atoms with Gasteiger partial charge in [0, 0.05) is 17.8 Å². The third-order valence-electron chi connectivity index (χ3n) is 5.75. The monoisotopic (exact) mass is 395 g/mol. The van der Waals surface area contributed by atoms with Crippen molar-refractivity contribution < 1.29 is 19.4 Å². The van der Waals surface area contributed by atoms with Crippen molar-refractivity contribution in [1.82, 2.24) is 4.90 Å². The highest BCUT2D eigenvalue weighted by Crippen LogP contribution is 2.20. The SMILES string of the molecule is O=C1C[C@@H]([NH+]2CCN(c3ccc([N+](=O)[O-])cc3)CC2)C(=O)N1Cc1ccccc1. The van der Waals surface area contributed by atoms with Gasteiger partial charge >= 0.3 is 0 Å². The summed E-state index contributed by atoms with van der Waals surface area (Å²) in [7, 11) is 0. The first-order valence-corrected chi connectivity index (χ1v) is 9.75. The van der Waals surface area contributed by atoms with Gasteiger partial charge in [0.05, 0.1) is 44.1 Å². The molecule has 0 radical (unpaired) electrons. The van der Waals surface area contributed by atoms with Crippen LogP contribution in [0.5, 0.6) is 0 Å². The van der Waals surface area contributed by atoms with Crippen LogP contribution in [0.15, 0.2) is 54.6 Å². The van der Waals surface area contributed by atoms with Crippen LogP contribution in [0.3, 0.4) is 0 Å². The average Bonchev–Trinajstić information content (AvgIpc) is 3.03. The number of carbonyl (C=O) groups is 2. The molecule has 1 atom stereocenters. The molecule has 2 aliphatic heterocycles. The third-order valence-corrected chi connectivity index (χ3v) is 5.75. The molecule has 2 saturated heterocycles. The molecule has 2 amide bonds. The third kappa shape index (κ3) is 3.97. The van der Waals surface area contributed by atoms with Gasteiger partial charge in [0.15, 0.2) is 6.04 Å². The number of nitrogens with one attached hydrogen (secondary N) is 1. The standard InChI is InChI=1S/C21H22N4O4/c26-20-14-19(21(27)24(20)15-16-4-2-1-3-5-16)23-12-10-22(11-13-23)17-6-8-18(9-7-17)25(28)29/h1-9,19H,10-15H2/p+1/t19-/m1/s1. The summed E-state index contributed by atoms with van der Waals surface area (Å²) in [5.41, 5.74) is 1.97. The van der Waals surface area contributed by atoms with E-state index >= 15 is 0 Å². The van der Waals surface area contributed by atoms with E-state index < -0.39 is 4.92 Å². The number of quaternary nitrogens is 1. The zero-order chi connectivity index (χ0) is 20.4. The maximum absolute atomic E-state index is 12.9. The van der Waals surface area contributed by atoms with E-state index in [1.807, 2.05) is 30.3 Å². The minimum absolute atomic E-state index is 0.0755. The lowest BCUT2D eigenvalue weighted by molar-refractivity contribution is -0.915. The maximum Gasteiger partial charge on any atom is 0.288 e. The van der Waals surface area contributed by atoms with Crippen LogP contribution in [-0.4, -0.2) is 53.9 Å². The molecular weight excluding hydrogens is 372 g/mol. The first kappa shape index (κ1) is 19.1. The minimum Gasteiger partial charge on any atom is -0.360 e. The lowest BCUT2D eigenvalue weighted by Crippen LogP contribution is -3.19. The molecule has 0 aliphatic carbocycles. The highest BCUT2D eigenvalue weighted by atomic mass is 16.6. The predicted octanol–water partition coefficient (Wildman–Crippen LogP) is 0.627. The number of benzene rings is 2. The van der Waals surface area contributed by atoms with E-state index in [9.17, 15) is 19.7 Å². The summed E-state index contributed by atoms with van der Waals surface area (Å²) < 4.78 is 0. The number of hydrogen-bond donors (Lipinski definition) is 1. The number of nitro benzene ring substituents is 1. The number of imide groups is 1. The molecular formula is C21H23N4O4+. The Morgan fingerprint density at radius 3 is 2.28 bits per heavy atom. The zero-order valence-corrected chi connectivity index (χ0v) is 16.0. The number of nitro groups is 1. The van der Waals surface area contributed by atoms with Crippen LogP contribution in [0.25, 0.3) is 0 Å². The number of hydrogen-bond acceptors (Lipinski definition) is 5. The van der Waals surface area contributed by atoms with Gasteiger partial charge in [-0.3, -0.25) is 24.6 Å². The molecule has 1 N–H and O–H groups in total. The van der Waals surface area contributed by atoms with Crippen molar-refractivity contribution in [2.45, 2.75) is 19.0 Å². The first-order chi connectivity index (χ1) is 14.0. The van der Waals surface area contributed by atoms with Crippen LogP contribution in [0.4, 0.5) is 11.4 Å². The Morgan fingerprint density at radius 1 is 1.00 bits per heavy atom. The summed E-state index contributed by atoms with van der Waals surface area (Å²) in [5.74, 6) is -0.188. The predicted molar refractivity (Wildman–Crippen MR) is 106 cm³/mol. The Hall–Kier alpha value is -3.26. The van der Waals surface area contributed by atoms with E-state index in [1.54, 1.807) is 12.1 Å². The van der Waals surface area contributed by atoms with Crippen molar-refractivity contribution in [3.63, 3.8) is 0 Å². The Balaban J connectivity index is 1.36. The second-order valence-corrected chi connectivity index (χ2v) is 7.48. The summed E-state index contributed by atoms with van der Waals surface area (Å²) in [5, 5.41) is 10.8. The Morgan fingerprint density at radius 2 is 1.66 bits per heavy atom. The largest absolute Gasteiger partial charge is 0.360 e. The van der Waals surface area contributed by atoms with Crippen molar-refractivity contribution in [3.8, 4) is 0 Å². The molecule has 150 valence electrons. The van der Waals surface area contributed by atoms with Crippen molar-refractivity contribution in [2.24, 2.45) is 0 Å². The van der Waals surface area contributed by atoms with Gasteiger partial charge in [-0.15, -0.1) is 0 Å². The van der Waals surface area contributed by atoms with Crippen molar-refractivity contribution in [3.05, 3.63) is 70.3 Å². The number of amides is 2. The fourth-order valence-electron chi connectivity index (χ4n) is 4.12. The Bertz CT molecular complexity index is 908. The van der Waals surface area contributed by atoms with E-state index in [4.69, 9.17) is 0 Å². The van der Waals surface area contributed by atoms with Crippen molar-refractivity contribution in [1.29, 1.82) is 0 Å².